The minimum atomic E-state index is -3.72. The zero-order valence-electron chi connectivity index (χ0n) is 10.5. The van der Waals surface area contributed by atoms with Gasteiger partial charge in [0.15, 0.2) is 0 Å². The second-order valence-electron chi connectivity index (χ2n) is 4.33. The van der Waals surface area contributed by atoms with E-state index in [9.17, 15) is 12.8 Å². The first-order valence-corrected chi connectivity index (χ1v) is 7.56. The number of ether oxygens (including phenoxy) is 1. The van der Waals surface area contributed by atoms with Gasteiger partial charge in [0.25, 0.3) is 0 Å². The Morgan fingerprint density at radius 2 is 2.11 bits per heavy atom. The van der Waals surface area contributed by atoms with Crippen LogP contribution in [0.2, 0.25) is 0 Å². The van der Waals surface area contributed by atoms with Crippen molar-refractivity contribution in [3.8, 4) is 0 Å². The molecule has 1 saturated heterocycles. The number of hydrogen-bond donors (Lipinski definition) is 1. The molecule has 0 radical (unpaired) electrons. The highest BCUT2D eigenvalue weighted by molar-refractivity contribution is 7.89. The first-order chi connectivity index (χ1) is 9.05. The number of benzene rings is 1. The molecule has 0 spiro atoms. The summed E-state index contributed by atoms with van der Waals surface area (Å²) in [5, 5.41) is 0. The van der Waals surface area contributed by atoms with Crippen LogP contribution in [-0.2, 0) is 21.3 Å². The summed E-state index contributed by atoms with van der Waals surface area (Å²) >= 11 is 0. The summed E-state index contributed by atoms with van der Waals surface area (Å²) in [6.07, 6.45) is 0.631. The predicted octanol–water partition coefficient (Wildman–Crippen LogP) is 0.695. The molecule has 1 aromatic carbocycles. The zero-order valence-corrected chi connectivity index (χ0v) is 11.3. The summed E-state index contributed by atoms with van der Waals surface area (Å²) in [6.45, 7) is 1.61. The van der Waals surface area contributed by atoms with E-state index >= 15 is 0 Å². The van der Waals surface area contributed by atoms with Gasteiger partial charge in [-0.25, -0.2) is 12.8 Å². The summed E-state index contributed by atoms with van der Waals surface area (Å²) in [4.78, 5) is -0.0445. The average molecular weight is 288 g/mol. The fourth-order valence-corrected chi connectivity index (χ4v) is 3.75. The molecule has 1 aliphatic heterocycles. The van der Waals surface area contributed by atoms with E-state index < -0.39 is 15.8 Å². The Balaban J connectivity index is 2.40. The van der Waals surface area contributed by atoms with Gasteiger partial charge in [0.05, 0.1) is 11.5 Å². The van der Waals surface area contributed by atoms with Gasteiger partial charge in [-0.2, -0.15) is 4.31 Å². The van der Waals surface area contributed by atoms with Crippen LogP contribution in [0.25, 0.3) is 0 Å². The highest BCUT2D eigenvalue weighted by Crippen LogP contribution is 2.22. The van der Waals surface area contributed by atoms with Gasteiger partial charge in [-0.05, 0) is 24.1 Å². The van der Waals surface area contributed by atoms with Crippen molar-refractivity contribution in [2.24, 2.45) is 5.73 Å². The molecule has 0 bridgehead atoms. The Morgan fingerprint density at radius 3 is 2.84 bits per heavy atom. The molecule has 0 atom stereocenters. The first kappa shape index (κ1) is 14.4. The summed E-state index contributed by atoms with van der Waals surface area (Å²) in [5.74, 6) is -0.582. The largest absolute Gasteiger partial charge is 0.380 e. The van der Waals surface area contributed by atoms with E-state index in [0.717, 1.165) is 6.07 Å². The lowest BCUT2D eigenvalue weighted by Crippen LogP contribution is -2.34. The first-order valence-electron chi connectivity index (χ1n) is 6.12. The van der Waals surface area contributed by atoms with Crippen molar-refractivity contribution in [3.05, 3.63) is 29.6 Å². The van der Waals surface area contributed by atoms with Crippen LogP contribution >= 0.6 is 0 Å². The highest BCUT2D eigenvalue weighted by Gasteiger charge is 2.27. The summed E-state index contributed by atoms with van der Waals surface area (Å²) in [5.41, 5.74) is 5.95. The summed E-state index contributed by atoms with van der Waals surface area (Å²) in [6, 6.07) is 3.66. The molecule has 2 rings (SSSR count). The van der Waals surface area contributed by atoms with Crippen LogP contribution in [0.15, 0.2) is 23.1 Å². The van der Waals surface area contributed by atoms with Gasteiger partial charge in [-0.15, -0.1) is 0 Å². The molecule has 1 aromatic rings. The van der Waals surface area contributed by atoms with Gasteiger partial charge in [0, 0.05) is 26.2 Å². The SMILES string of the molecule is NCc1ccc(F)cc1S(=O)(=O)N1CCCOCC1. The van der Waals surface area contributed by atoms with E-state index in [1.807, 2.05) is 0 Å². The number of rotatable bonds is 3. The maximum absolute atomic E-state index is 13.3. The lowest BCUT2D eigenvalue weighted by Gasteiger charge is -2.20. The minimum Gasteiger partial charge on any atom is -0.380 e. The van der Waals surface area contributed by atoms with E-state index in [1.165, 1.54) is 16.4 Å². The third-order valence-electron chi connectivity index (χ3n) is 3.05. The molecule has 1 fully saturated rings. The molecule has 0 aromatic heterocycles. The van der Waals surface area contributed by atoms with Crippen molar-refractivity contribution >= 4 is 10.0 Å². The third kappa shape index (κ3) is 3.11. The molecular formula is C12H17FN2O3S. The maximum atomic E-state index is 13.3. The van der Waals surface area contributed by atoms with Crippen LogP contribution in [0.4, 0.5) is 4.39 Å². The van der Waals surface area contributed by atoms with Crippen molar-refractivity contribution in [1.82, 2.24) is 4.31 Å². The van der Waals surface area contributed by atoms with Crippen LogP contribution in [0.1, 0.15) is 12.0 Å². The van der Waals surface area contributed by atoms with E-state index in [-0.39, 0.29) is 18.0 Å². The number of nitrogens with zero attached hydrogens (tertiary/aromatic N) is 1. The second kappa shape index (κ2) is 5.96. The Bertz CT molecular complexity index is 540. The minimum absolute atomic E-state index is 0.0445. The monoisotopic (exact) mass is 288 g/mol. The van der Waals surface area contributed by atoms with Gasteiger partial charge in [-0.1, -0.05) is 6.07 Å². The van der Waals surface area contributed by atoms with E-state index in [1.54, 1.807) is 0 Å². The van der Waals surface area contributed by atoms with Crippen molar-refractivity contribution in [3.63, 3.8) is 0 Å². The van der Waals surface area contributed by atoms with Gasteiger partial charge in [-0.3, -0.25) is 0 Å². The highest BCUT2D eigenvalue weighted by atomic mass is 32.2. The Hall–Kier alpha value is -1.02. The van der Waals surface area contributed by atoms with E-state index in [4.69, 9.17) is 10.5 Å². The van der Waals surface area contributed by atoms with E-state index in [0.29, 0.717) is 31.7 Å². The van der Waals surface area contributed by atoms with E-state index in [2.05, 4.69) is 0 Å². The zero-order chi connectivity index (χ0) is 13.9. The van der Waals surface area contributed by atoms with Crippen LogP contribution < -0.4 is 5.73 Å². The molecule has 106 valence electrons. The molecule has 19 heavy (non-hydrogen) atoms. The van der Waals surface area contributed by atoms with Gasteiger partial charge in [0.1, 0.15) is 5.82 Å². The smallest absolute Gasteiger partial charge is 0.243 e. The molecule has 5 nitrogen and oxygen atoms in total. The Kier molecular flexibility index (Phi) is 4.51. The van der Waals surface area contributed by atoms with Crippen LogP contribution in [0, 0.1) is 5.82 Å². The number of halogens is 1. The number of sulfonamides is 1. The van der Waals surface area contributed by atoms with Crippen LogP contribution in [-0.4, -0.2) is 39.0 Å². The number of hydrogen-bond acceptors (Lipinski definition) is 4. The van der Waals surface area contributed by atoms with Gasteiger partial charge >= 0.3 is 0 Å². The molecule has 0 saturated carbocycles. The van der Waals surface area contributed by atoms with Crippen molar-refractivity contribution in [2.45, 2.75) is 17.9 Å². The molecule has 0 amide bonds. The Labute approximate surface area is 112 Å². The lowest BCUT2D eigenvalue weighted by molar-refractivity contribution is 0.148. The summed E-state index contributed by atoms with van der Waals surface area (Å²) < 4.78 is 44.9. The summed E-state index contributed by atoms with van der Waals surface area (Å²) in [7, 11) is -3.72. The van der Waals surface area contributed by atoms with Gasteiger partial charge in [0.2, 0.25) is 10.0 Å². The van der Waals surface area contributed by atoms with Gasteiger partial charge < -0.3 is 10.5 Å². The average Bonchev–Trinajstić information content (AvgIpc) is 2.68. The Morgan fingerprint density at radius 1 is 1.32 bits per heavy atom. The second-order valence-corrected chi connectivity index (χ2v) is 6.23. The predicted molar refractivity (Wildman–Crippen MR) is 68.5 cm³/mol. The molecule has 0 aliphatic carbocycles. The topological polar surface area (TPSA) is 72.6 Å². The standard InChI is InChI=1S/C12H17FN2O3S/c13-11-3-2-10(9-14)12(8-11)19(16,17)15-4-1-6-18-7-5-15/h2-3,8H,1,4-7,9,14H2. The molecule has 1 aliphatic rings. The quantitative estimate of drug-likeness (QED) is 0.888. The van der Waals surface area contributed by atoms with Crippen molar-refractivity contribution in [1.29, 1.82) is 0 Å². The third-order valence-corrected chi connectivity index (χ3v) is 5.03. The molecule has 2 N–H and O–H groups in total. The van der Waals surface area contributed by atoms with Crippen LogP contribution in [0.3, 0.4) is 0 Å². The van der Waals surface area contributed by atoms with Crippen LogP contribution in [0.5, 0.6) is 0 Å². The molecule has 7 heteroatoms. The molecular weight excluding hydrogens is 271 g/mol. The van der Waals surface area contributed by atoms with Crippen molar-refractivity contribution < 1.29 is 17.5 Å². The van der Waals surface area contributed by atoms with Crippen molar-refractivity contribution in [2.75, 3.05) is 26.3 Å². The fourth-order valence-electron chi connectivity index (χ4n) is 2.04. The molecule has 0 unspecified atom stereocenters. The lowest BCUT2D eigenvalue weighted by atomic mass is 10.2. The molecule has 1 heterocycles. The normalized spacial score (nSPS) is 18.2. The fraction of sp³-hybridized carbons (Fsp3) is 0.500. The maximum Gasteiger partial charge on any atom is 0.243 e. The number of nitrogens with two attached hydrogens (primary N) is 1.